The number of carbonyl (C=O) groups is 5. The van der Waals surface area contributed by atoms with Crippen LogP contribution < -0.4 is 11.5 Å². The summed E-state index contributed by atoms with van der Waals surface area (Å²) >= 11 is 0. The number of aliphatic carboxylic acids is 2. The lowest BCUT2D eigenvalue weighted by atomic mass is 10.0. The van der Waals surface area contributed by atoms with Gasteiger partial charge in [-0.1, -0.05) is 0 Å². The summed E-state index contributed by atoms with van der Waals surface area (Å²) in [6, 6.07) is 3.98. The molecule has 2 saturated heterocycles. The number of hydrogen-bond acceptors (Lipinski definition) is 6. The Hall–Kier alpha value is -3.87. The molecule has 2 fully saturated rings. The molecule has 13 nitrogen and oxygen atoms in total. The third-order valence-corrected chi connectivity index (χ3v) is 5.73. The van der Waals surface area contributed by atoms with Crippen molar-refractivity contribution >= 4 is 53.7 Å². The molecule has 1 aromatic carbocycles. The molecule has 190 valence electrons. The molecule has 0 saturated carbocycles. The fourth-order valence-corrected chi connectivity index (χ4v) is 4.24. The number of rotatable bonds is 7. The second-order valence-corrected chi connectivity index (χ2v) is 8.04. The molecule has 1 unspecified atom stereocenters. The highest BCUT2D eigenvalue weighted by Gasteiger charge is 2.44. The number of hydrogen-bond donors (Lipinski definition) is 4. The summed E-state index contributed by atoms with van der Waals surface area (Å²) in [6.07, 6.45) is 0.262. The first-order chi connectivity index (χ1) is 16.1. The van der Waals surface area contributed by atoms with Crippen LogP contribution in [0, 0.1) is 0 Å². The van der Waals surface area contributed by atoms with Crippen LogP contribution in [0.25, 0.3) is 0 Å². The Kier molecular flexibility index (Phi) is 9.00. The maximum Gasteiger partial charge on any atom is 0.323 e. The quantitative estimate of drug-likeness (QED) is 0.268. The molecular weight excluding hydrogens is 484 g/mol. The lowest BCUT2D eigenvalue weighted by Gasteiger charge is -2.41. The molecule has 0 aliphatic carbocycles. The number of nitrogens with two attached hydrogens (primary N) is 2. The Morgan fingerprint density at radius 1 is 0.971 bits per heavy atom. The lowest BCUT2D eigenvalue weighted by Crippen LogP contribution is -2.62. The highest BCUT2D eigenvalue weighted by molar-refractivity contribution is 6.00. The minimum absolute atomic E-state index is 0. The van der Waals surface area contributed by atoms with Crippen LogP contribution in [0.3, 0.4) is 0 Å². The van der Waals surface area contributed by atoms with Crippen molar-refractivity contribution in [2.75, 3.05) is 26.2 Å². The highest BCUT2D eigenvalue weighted by Crippen LogP contribution is 2.26. The molecule has 3 rings (SSSR count). The van der Waals surface area contributed by atoms with Gasteiger partial charge in [0.05, 0.1) is 12.1 Å². The fraction of sp³-hybridized carbons (Fsp3) is 0.429. The smallest absolute Gasteiger partial charge is 0.323 e. The van der Waals surface area contributed by atoms with Crippen molar-refractivity contribution in [2.45, 2.75) is 31.3 Å². The van der Waals surface area contributed by atoms with Crippen molar-refractivity contribution in [1.29, 1.82) is 0 Å². The molecule has 2 aliphatic rings. The van der Waals surface area contributed by atoms with Crippen molar-refractivity contribution < 1.29 is 34.2 Å². The van der Waals surface area contributed by atoms with E-state index in [0.29, 0.717) is 30.6 Å². The largest absolute Gasteiger partial charge is 0.481 e. The summed E-state index contributed by atoms with van der Waals surface area (Å²) in [5.74, 6) is -4.32. The topological polar surface area (TPSA) is 200 Å². The van der Waals surface area contributed by atoms with Crippen LogP contribution in [0.4, 0.5) is 5.69 Å². The number of benzene rings is 1. The van der Waals surface area contributed by atoms with Crippen molar-refractivity contribution in [1.82, 2.24) is 14.7 Å². The zero-order valence-corrected chi connectivity index (χ0v) is 19.5. The van der Waals surface area contributed by atoms with Crippen LogP contribution >= 0.6 is 12.4 Å². The SMILES string of the molecule is Cl.NC(N)=Nc1ccc(C(=O)N2CCC[C@H]2C(=O)N2CCN(CC(=O)O)C(=O)C2CC(=O)O)cc1. The van der Waals surface area contributed by atoms with Crippen LogP contribution in [0.5, 0.6) is 0 Å². The van der Waals surface area contributed by atoms with Crippen LogP contribution in [0.1, 0.15) is 29.6 Å². The second kappa shape index (κ2) is 11.5. The van der Waals surface area contributed by atoms with Crippen LogP contribution in [0.15, 0.2) is 29.3 Å². The van der Waals surface area contributed by atoms with Gasteiger partial charge >= 0.3 is 11.9 Å². The first-order valence-corrected chi connectivity index (χ1v) is 10.6. The molecule has 2 heterocycles. The van der Waals surface area contributed by atoms with Gasteiger partial charge in [-0.25, -0.2) is 4.99 Å². The Bertz CT molecular complexity index is 1030. The van der Waals surface area contributed by atoms with E-state index in [1.807, 2.05) is 0 Å². The van der Waals surface area contributed by atoms with Gasteiger partial charge in [0.15, 0.2) is 5.96 Å². The molecule has 2 atom stereocenters. The Morgan fingerprint density at radius 3 is 2.20 bits per heavy atom. The normalized spacial score (nSPS) is 19.7. The number of amides is 3. The van der Waals surface area contributed by atoms with Gasteiger partial charge in [-0.15, -0.1) is 12.4 Å². The standard InChI is InChI=1S/C21H26N6O7.ClH/c22-21(23)24-13-5-3-12(4-6-13)18(32)26-7-1-2-14(26)20(34)27-9-8-25(11-17(30)31)19(33)15(27)10-16(28)29;/h3-6,14-15H,1-2,7-11H2,(H,28,29)(H,30,31)(H4,22,23,24);1H/t14-,15?;/m0./s1. The summed E-state index contributed by atoms with van der Waals surface area (Å²) in [6.45, 7) is -0.330. The van der Waals surface area contributed by atoms with Gasteiger partial charge in [-0.05, 0) is 37.1 Å². The minimum Gasteiger partial charge on any atom is -0.481 e. The first kappa shape index (κ1) is 27.4. The maximum absolute atomic E-state index is 13.4. The van der Waals surface area contributed by atoms with E-state index in [0.717, 1.165) is 9.80 Å². The van der Waals surface area contributed by atoms with Gasteiger partial charge < -0.3 is 36.4 Å². The molecule has 0 aromatic heterocycles. The zero-order chi connectivity index (χ0) is 25.0. The predicted octanol–water partition coefficient (Wildman–Crippen LogP) is -0.783. The summed E-state index contributed by atoms with van der Waals surface area (Å²) in [4.78, 5) is 69.2. The number of carboxylic acid groups (broad SMARTS) is 2. The summed E-state index contributed by atoms with van der Waals surface area (Å²) in [5, 5.41) is 18.3. The monoisotopic (exact) mass is 510 g/mol. The van der Waals surface area contributed by atoms with E-state index in [-0.39, 0.29) is 31.5 Å². The van der Waals surface area contributed by atoms with E-state index in [4.69, 9.17) is 16.6 Å². The average Bonchev–Trinajstić information content (AvgIpc) is 3.25. The first-order valence-electron chi connectivity index (χ1n) is 10.6. The molecule has 1 aromatic rings. The number of likely N-dealkylation sites (tertiary alicyclic amines) is 1. The Balaban J connectivity index is 0.00000432. The average molecular weight is 511 g/mol. The van der Waals surface area contributed by atoms with Gasteiger partial charge in [0, 0.05) is 25.2 Å². The third kappa shape index (κ3) is 6.38. The molecule has 3 amide bonds. The molecular formula is C21H27ClN6O7. The van der Waals surface area contributed by atoms with Gasteiger partial charge in [0.1, 0.15) is 18.6 Å². The van der Waals surface area contributed by atoms with Crippen LogP contribution in [-0.2, 0) is 19.2 Å². The molecule has 35 heavy (non-hydrogen) atoms. The van der Waals surface area contributed by atoms with Gasteiger partial charge in [0.25, 0.3) is 5.91 Å². The zero-order valence-electron chi connectivity index (χ0n) is 18.7. The summed E-state index contributed by atoms with van der Waals surface area (Å²) in [5.41, 5.74) is 11.5. The van der Waals surface area contributed by atoms with Gasteiger partial charge in [0.2, 0.25) is 11.8 Å². The van der Waals surface area contributed by atoms with Crippen molar-refractivity contribution in [3.63, 3.8) is 0 Å². The number of carbonyl (C=O) groups excluding carboxylic acids is 3. The van der Waals surface area contributed by atoms with E-state index < -0.39 is 54.7 Å². The molecule has 0 spiro atoms. The van der Waals surface area contributed by atoms with E-state index in [2.05, 4.69) is 4.99 Å². The van der Waals surface area contributed by atoms with Crippen molar-refractivity contribution in [3.8, 4) is 0 Å². The van der Waals surface area contributed by atoms with E-state index in [9.17, 15) is 29.1 Å². The molecule has 14 heteroatoms. The lowest BCUT2D eigenvalue weighted by molar-refractivity contribution is -0.159. The fourth-order valence-electron chi connectivity index (χ4n) is 4.24. The molecule has 6 N–H and O–H groups in total. The number of guanidine groups is 1. The van der Waals surface area contributed by atoms with Gasteiger partial charge in [-0.2, -0.15) is 0 Å². The van der Waals surface area contributed by atoms with Crippen molar-refractivity contribution in [2.24, 2.45) is 16.5 Å². The molecule has 0 bridgehead atoms. The maximum atomic E-state index is 13.4. The van der Waals surface area contributed by atoms with Gasteiger partial charge in [-0.3, -0.25) is 24.0 Å². The van der Waals surface area contributed by atoms with E-state index >= 15 is 0 Å². The minimum atomic E-state index is -1.34. The van der Waals surface area contributed by atoms with Crippen LogP contribution in [-0.4, -0.2) is 98.8 Å². The van der Waals surface area contributed by atoms with E-state index in [1.54, 1.807) is 12.1 Å². The highest BCUT2D eigenvalue weighted by atomic mass is 35.5. The number of carboxylic acids is 2. The third-order valence-electron chi connectivity index (χ3n) is 5.73. The molecule has 0 radical (unpaired) electrons. The Morgan fingerprint density at radius 2 is 1.63 bits per heavy atom. The number of aliphatic imine (C=N–C) groups is 1. The van der Waals surface area contributed by atoms with Crippen molar-refractivity contribution in [3.05, 3.63) is 29.8 Å². The predicted molar refractivity (Wildman–Crippen MR) is 125 cm³/mol. The van der Waals surface area contributed by atoms with Crippen LogP contribution in [0.2, 0.25) is 0 Å². The number of piperazine rings is 1. The number of halogens is 1. The Labute approximate surface area is 206 Å². The molecule has 2 aliphatic heterocycles. The number of nitrogens with zero attached hydrogens (tertiary/aromatic N) is 4. The second-order valence-electron chi connectivity index (χ2n) is 8.04. The summed E-state index contributed by atoms with van der Waals surface area (Å²) in [7, 11) is 0. The van der Waals surface area contributed by atoms with E-state index in [1.165, 1.54) is 17.0 Å². The summed E-state index contributed by atoms with van der Waals surface area (Å²) < 4.78 is 0.